The van der Waals surface area contributed by atoms with E-state index in [1.165, 1.54) is 0 Å². The molecule has 0 spiro atoms. The molecule has 1 rings (SSSR count). The summed E-state index contributed by atoms with van der Waals surface area (Å²) in [5.74, 6) is 0.216. The zero-order valence-electron chi connectivity index (χ0n) is 10.5. The Morgan fingerprint density at radius 1 is 1.47 bits per heavy atom. The average molecular weight is 242 g/mol. The smallest absolute Gasteiger partial charge is 0.321 e. The molecule has 0 aromatic heterocycles. The van der Waals surface area contributed by atoms with Crippen LogP contribution in [0.1, 0.15) is 20.3 Å². The van der Waals surface area contributed by atoms with Crippen molar-refractivity contribution in [1.29, 1.82) is 0 Å². The second-order valence-corrected chi connectivity index (χ2v) is 4.80. The summed E-state index contributed by atoms with van der Waals surface area (Å²) in [6, 6.07) is -0.407. The number of urea groups is 1. The lowest BCUT2D eigenvalue weighted by Crippen LogP contribution is -2.46. The van der Waals surface area contributed by atoms with Crippen LogP contribution in [0.2, 0.25) is 0 Å². The summed E-state index contributed by atoms with van der Waals surface area (Å²) < 4.78 is 0. The Kier molecular flexibility index (Phi) is 5.37. The molecule has 1 heterocycles. The first kappa shape index (κ1) is 13.9. The van der Waals surface area contributed by atoms with E-state index >= 15 is 0 Å². The molecule has 1 aliphatic heterocycles. The minimum Gasteiger partial charge on any atom is -0.336 e. The molecule has 6 heteroatoms. The number of likely N-dealkylation sites (tertiary alicyclic amines) is 1. The van der Waals surface area contributed by atoms with Gasteiger partial charge in [0.25, 0.3) is 0 Å². The highest BCUT2D eigenvalue weighted by atomic mass is 16.2. The molecule has 0 aromatic rings. The predicted molar refractivity (Wildman–Crippen MR) is 65.4 cm³/mol. The molecule has 1 aliphatic rings. The Hall–Kier alpha value is -1.14. The number of nitrogens with one attached hydrogen (secondary N) is 2. The zero-order valence-corrected chi connectivity index (χ0v) is 10.5. The van der Waals surface area contributed by atoms with E-state index in [4.69, 9.17) is 5.73 Å². The van der Waals surface area contributed by atoms with Gasteiger partial charge >= 0.3 is 6.03 Å². The maximum absolute atomic E-state index is 11.5. The fraction of sp³-hybridized carbons (Fsp3) is 0.818. The first-order valence-electron chi connectivity index (χ1n) is 6.04. The van der Waals surface area contributed by atoms with Crippen LogP contribution < -0.4 is 16.4 Å². The van der Waals surface area contributed by atoms with Crippen LogP contribution in [0, 0.1) is 5.92 Å². The maximum atomic E-state index is 11.5. The van der Waals surface area contributed by atoms with E-state index in [1.807, 2.05) is 18.7 Å². The molecule has 4 N–H and O–H groups in total. The van der Waals surface area contributed by atoms with Crippen molar-refractivity contribution in [2.45, 2.75) is 26.3 Å². The van der Waals surface area contributed by atoms with Gasteiger partial charge in [0, 0.05) is 12.6 Å². The largest absolute Gasteiger partial charge is 0.336 e. The van der Waals surface area contributed by atoms with Crippen LogP contribution in [0.4, 0.5) is 4.79 Å². The highest BCUT2D eigenvalue weighted by Crippen LogP contribution is 2.13. The highest BCUT2D eigenvalue weighted by molar-refractivity contribution is 5.95. The van der Waals surface area contributed by atoms with Gasteiger partial charge in [0.1, 0.15) is 0 Å². The molecule has 0 aliphatic carbocycles. The van der Waals surface area contributed by atoms with E-state index in [2.05, 4.69) is 10.6 Å². The monoisotopic (exact) mass is 242 g/mol. The van der Waals surface area contributed by atoms with E-state index in [0.29, 0.717) is 12.5 Å². The van der Waals surface area contributed by atoms with E-state index < -0.39 is 6.03 Å². The van der Waals surface area contributed by atoms with Gasteiger partial charge < -0.3 is 11.1 Å². The van der Waals surface area contributed by atoms with Gasteiger partial charge in [0.15, 0.2) is 0 Å². The number of rotatable bonds is 4. The van der Waals surface area contributed by atoms with Crippen LogP contribution in [0.5, 0.6) is 0 Å². The van der Waals surface area contributed by atoms with E-state index in [1.54, 1.807) is 0 Å². The van der Waals surface area contributed by atoms with E-state index in [9.17, 15) is 9.59 Å². The number of nitrogens with zero attached hydrogens (tertiary/aromatic N) is 1. The van der Waals surface area contributed by atoms with Crippen molar-refractivity contribution in [3.8, 4) is 0 Å². The van der Waals surface area contributed by atoms with Gasteiger partial charge in [-0.2, -0.15) is 0 Å². The van der Waals surface area contributed by atoms with Gasteiger partial charge in [-0.25, -0.2) is 4.79 Å². The number of imide groups is 1. The third kappa shape index (κ3) is 5.14. The Labute approximate surface area is 102 Å². The molecule has 0 bridgehead atoms. The van der Waals surface area contributed by atoms with Crippen molar-refractivity contribution in [3.05, 3.63) is 0 Å². The van der Waals surface area contributed by atoms with Crippen LogP contribution in [-0.2, 0) is 4.79 Å². The highest BCUT2D eigenvalue weighted by Gasteiger charge is 2.23. The van der Waals surface area contributed by atoms with Crippen LogP contribution in [0.3, 0.4) is 0 Å². The van der Waals surface area contributed by atoms with E-state index in [0.717, 1.165) is 19.5 Å². The number of carbonyl (C=O) groups is 2. The number of hydrogen-bond acceptors (Lipinski definition) is 4. The molecule has 1 saturated heterocycles. The predicted octanol–water partition coefficient (Wildman–Crippen LogP) is -0.499. The molecule has 6 nitrogen and oxygen atoms in total. The third-order valence-corrected chi connectivity index (χ3v) is 2.74. The maximum Gasteiger partial charge on any atom is 0.321 e. The number of hydrogen-bond donors (Lipinski definition) is 3. The van der Waals surface area contributed by atoms with Crippen molar-refractivity contribution in [2.24, 2.45) is 11.7 Å². The second-order valence-electron chi connectivity index (χ2n) is 4.80. The van der Waals surface area contributed by atoms with Crippen molar-refractivity contribution >= 4 is 11.9 Å². The number of amides is 3. The van der Waals surface area contributed by atoms with Crippen molar-refractivity contribution in [3.63, 3.8) is 0 Å². The number of carbonyl (C=O) groups excluding carboxylic acids is 2. The summed E-state index contributed by atoms with van der Waals surface area (Å²) in [7, 11) is 0. The Balaban J connectivity index is 2.23. The zero-order chi connectivity index (χ0) is 12.8. The van der Waals surface area contributed by atoms with Gasteiger partial charge in [-0.1, -0.05) is 0 Å². The average Bonchev–Trinajstić information content (AvgIpc) is 2.63. The minimum atomic E-state index is -0.431. The normalized spacial score (nSPS) is 20.6. The van der Waals surface area contributed by atoms with Gasteiger partial charge in [-0.3, -0.25) is 15.0 Å². The molecule has 1 atom stereocenters. The Bertz CT molecular complexity index is 281. The Morgan fingerprint density at radius 3 is 2.71 bits per heavy atom. The fourth-order valence-corrected chi connectivity index (χ4v) is 1.92. The first-order valence-corrected chi connectivity index (χ1v) is 6.04. The standard InChI is InChI=1S/C11H22N4O2/c1-8(2)13-11(17)14-10(16)7-15-4-3-9(5-12)6-15/h8-9H,3-7,12H2,1-2H3,(H2,13,14,16,17). The summed E-state index contributed by atoms with van der Waals surface area (Å²) in [5, 5.41) is 4.92. The molecular formula is C11H22N4O2. The molecule has 1 unspecified atom stereocenters. The molecule has 17 heavy (non-hydrogen) atoms. The van der Waals surface area contributed by atoms with Gasteiger partial charge in [0.2, 0.25) is 5.91 Å². The van der Waals surface area contributed by atoms with Crippen molar-refractivity contribution in [1.82, 2.24) is 15.5 Å². The summed E-state index contributed by atoms with van der Waals surface area (Å²) in [4.78, 5) is 24.8. The molecule has 0 radical (unpaired) electrons. The van der Waals surface area contributed by atoms with Crippen molar-refractivity contribution < 1.29 is 9.59 Å². The summed E-state index contributed by atoms with van der Waals surface area (Å²) in [6.45, 7) is 6.33. The van der Waals surface area contributed by atoms with Gasteiger partial charge in [-0.15, -0.1) is 0 Å². The fourth-order valence-electron chi connectivity index (χ4n) is 1.92. The van der Waals surface area contributed by atoms with Crippen LogP contribution in [0.15, 0.2) is 0 Å². The SMILES string of the molecule is CC(C)NC(=O)NC(=O)CN1CCC(CN)C1. The van der Waals surface area contributed by atoms with Crippen LogP contribution in [-0.4, -0.2) is 49.1 Å². The van der Waals surface area contributed by atoms with E-state index in [-0.39, 0.29) is 18.5 Å². The lowest BCUT2D eigenvalue weighted by atomic mass is 10.1. The Morgan fingerprint density at radius 2 is 2.18 bits per heavy atom. The minimum absolute atomic E-state index is 0.0243. The second kappa shape index (κ2) is 6.56. The molecule has 3 amide bonds. The van der Waals surface area contributed by atoms with Crippen LogP contribution in [0.25, 0.3) is 0 Å². The summed E-state index contributed by atoms with van der Waals surface area (Å²) >= 11 is 0. The van der Waals surface area contributed by atoms with Crippen molar-refractivity contribution in [2.75, 3.05) is 26.2 Å². The van der Waals surface area contributed by atoms with Gasteiger partial charge in [0.05, 0.1) is 6.54 Å². The lowest BCUT2D eigenvalue weighted by molar-refractivity contribution is -0.120. The molecular weight excluding hydrogens is 220 g/mol. The summed E-state index contributed by atoms with van der Waals surface area (Å²) in [5.41, 5.74) is 5.57. The third-order valence-electron chi connectivity index (χ3n) is 2.74. The summed E-state index contributed by atoms with van der Waals surface area (Å²) in [6.07, 6.45) is 1.03. The molecule has 98 valence electrons. The quantitative estimate of drug-likeness (QED) is 0.620. The molecule has 1 fully saturated rings. The van der Waals surface area contributed by atoms with Gasteiger partial charge in [-0.05, 0) is 39.3 Å². The first-order chi connectivity index (χ1) is 8.01. The van der Waals surface area contributed by atoms with Crippen LogP contribution >= 0.6 is 0 Å². The lowest BCUT2D eigenvalue weighted by Gasteiger charge is -2.15. The topological polar surface area (TPSA) is 87.5 Å². The molecule has 0 saturated carbocycles. The number of nitrogens with two attached hydrogens (primary N) is 1. The molecule has 0 aromatic carbocycles.